The minimum Gasteiger partial charge on any atom is -0.505 e. The number of benzene rings is 2. The minimum absolute atomic E-state index is 0.0332. The summed E-state index contributed by atoms with van der Waals surface area (Å²) in [5.41, 5.74) is 3.08. The molecule has 0 unspecified atom stereocenters. The maximum absolute atomic E-state index is 13.0. The third-order valence-electron chi connectivity index (χ3n) is 4.19. The van der Waals surface area contributed by atoms with Crippen LogP contribution < -0.4 is 5.56 Å². The van der Waals surface area contributed by atoms with Crippen molar-refractivity contribution < 1.29 is 5.11 Å². The van der Waals surface area contributed by atoms with Crippen LogP contribution in [0.5, 0.6) is 5.75 Å². The lowest BCUT2D eigenvalue weighted by Gasteiger charge is -2.14. The molecule has 0 fully saturated rings. The fourth-order valence-corrected chi connectivity index (χ4v) is 2.94. The van der Waals surface area contributed by atoms with E-state index in [1.807, 2.05) is 50.2 Å². The van der Waals surface area contributed by atoms with Gasteiger partial charge in [0.25, 0.3) is 5.56 Å². The summed E-state index contributed by atoms with van der Waals surface area (Å²) < 4.78 is 1.41. The average Bonchev–Trinajstić information content (AvgIpc) is 2.61. The quantitative estimate of drug-likeness (QED) is 0.764. The Kier molecular flexibility index (Phi) is 4.91. The summed E-state index contributed by atoms with van der Waals surface area (Å²) >= 11 is 5.92. The standard InChI is InChI=1S/C20H19ClN2O2/c1-3-17-19(24)18(16-7-5-4-6-13(16)2)20(25)23(22-17)12-14-8-10-15(21)11-9-14/h4-11,24H,3,12H2,1-2H3. The number of halogens is 1. The van der Waals surface area contributed by atoms with Gasteiger partial charge in [0.1, 0.15) is 5.69 Å². The van der Waals surface area contributed by atoms with Crippen LogP contribution in [0, 0.1) is 6.92 Å². The monoisotopic (exact) mass is 354 g/mol. The Balaban J connectivity index is 2.17. The first-order valence-corrected chi connectivity index (χ1v) is 8.52. The molecular weight excluding hydrogens is 336 g/mol. The number of aromatic hydroxyl groups is 1. The third-order valence-corrected chi connectivity index (χ3v) is 4.45. The Bertz CT molecular complexity index is 962. The van der Waals surface area contributed by atoms with Gasteiger partial charge in [-0.3, -0.25) is 4.79 Å². The van der Waals surface area contributed by atoms with Gasteiger partial charge in [0.2, 0.25) is 0 Å². The van der Waals surface area contributed by atoms with E-state index in [2.05, 4.69) is 5.10 Å². The van der Waals surface area contributed by atoms with Gasteiger partial charge in [0, 0.05) is 5.02 Å². The van der Waals surface area contributed by atoms with Crippen molar-refractivity contribution in [3.05, 3.63) is 80.7 Å². The zero-order valence-electron chi connectivity index (χ0n) is 14.2. The normalized spacial score (nSPS) is 10.8. The summed E-state index contributed by atoms with van der Waals surface area (Å²) in [6.07, 6.45) is 0.533. The van der Waals surface area contributed by atoms with E-state index in [-0.39, 0.29) is 11.3 Å². The Morgan fingerprint density at radius 1 is 1.12 bits per heavy atom. The molecule has 0 saturated carbocycles. The fraction of sp³-hybridized carbons (Fsp3) is 0.200. The van der Waals surface area contributed by atoms with Gasteiger partial charge in [-0.2, -0.15) is 5.10 Å². The number of aryl methyl sites for hydroxylation is 2. The molecule has 0 bridgehead atoms. The summed E-state index contributed by atoms with van der Waals surface area (Å²) in [5.74, 6) is -0.0332. The second kappa shape index (κ2) is 7.11. The molecule has 2 aromatic carbocycles. The second-order valence-electron chi connectivity index (χ2n) is 5.93. The summed E-state index contributed by atoms with van der Waals surface area (Å²) in [6.45, 7) is 4.15. The van der Waals surface area contributed by atoms with E-state index in [0.717, 1.165) is 16.7 Å². The van der Waals surface area contributed by atoms with E-state index in [0.29, 0.717) is 29.2 Å². The lowest BCUT2D eigenvalue weighted by atomic mass is 10.00. The topological polar surface area (TPSA) is 55.1 Å². The molecule has 0 aliphatic heterocycles. The van der Waals surface area contributed by atoms with Gasteiger partial charge in [0.05, 0.1) is 12.1 Å². The number of nitrogens with zero attached hydrogens (tertiary/aromatic N) is 2. The maximum atomic E-state index is 13.0. The zero-order chi connectivity index (χ0) is 18.0. The molecule has 1 N–H and O–H groups in total. The van der Waals surface area contributed by atoms with Crippen molar-refractivity contribution in [2.75, 3.05) is 0 Å². The number of aromatic nitrogens is 2. The summed E-state index contributed by atoms with van der Waals surface area (Å²) in [4.78, 5) is 13.0. The van der Waals surface area contributed by atoms with E-state index in [9.17, 15) is 9.90 Å². The van der Waals surface area contributed by atoms with Crippen molar-refractivity contribution in [1.82, 2.24) is 9.78 Å². The molecule has 0 spiro atoms. The van der Waals surface area contributed by atoms with Crippen LogP contribution in [-0.2, 0) is 13.0 Å². The summed E-state index contributed by atoms with van der Waals surface area (Å²) in [6, 6.07) is 14.8. The molecule has 128 valence electrons. The predicted molar refractivity (Wildman–Crippen MR) is 100 cm³/mol. The third kappa shape index (κ3) is 3.44. The number of hydrogen-bond acceptors (Lipinski definition) is 3. The molecule has 3 rings (SSSR count). The Morgan fingerprint density at radius 3 is 2.44 bits per heavy atom. The van der Waals surface area contributed by atoms with E-state index in [1.54, 1.807) is 12.1 Å². The molecule has 0 aliphatic carbocycles. The Morgan fingerprint density at radius 2 is 1.80 bits per heavy atom. The van der Waals surface area contributed by atoms with Crippen LogP contribution in [-0.4, -0.2) is 14.9 Å². The molecule has 5 heteroatoms. The number of rotatable bonds is 4. The van der Waals surface area contributed by atoms with E-state index >= 15 is 0 Å². The molecule has 0 atom stereocenters. The smallest absolute Gasteiger partial charge is 0.278 e. The molecule has 0 aliphatic rings. The lowest BCUT2D eigenvalue weighted by Crippen LogP contribution is -2.26. The van der Waals surface area contributed by atoms with Gasteiger partial charge in [0.15, 0.2) is 5.75 Å². The van der Waals surface area contributed by atoms with Gasteiger partial charge in [-0.25, -0.2) is 4.68 Å². The molecule has 25 heavy (non-hydrogen) atoms. The van der Waals surface area contributed by atoms with Gasteiger partial charge in [-0.15, -0.1) is 0 Å². The molecule has 0 radical (unpaired) electrons. The average molecular weight is 355 g/mol. The SMILES string of the molecule is CCc1nn(Cc2ccc(Cl)cc2)c(=O)c(-c2ccccc2C)c1O. The first-order chi connectivity index (χ1) is 12.0. The van der Waals surface area contributed by atoms with Crippen LogP contribution in [0.2, 0.25) is 5.02 Å². The molecule has 4 nitrogen and oxygen atoms in total. The predicted octanol–water partition coefficient (Wildman–Crippen LogP) is 4.19. The van der Waals surface area contributed by atoms with Gasteiger partial charge < -0.3 is 5.11 Å². The number of hydrogen-bond donors (Lipinski definition) is 1. The van der Waals surface area contributed by atoms with Crippen LogP contribution >= 0.6 is 11.6 Å². The molecule has 1 heterocycles. The fourth-order valence-electron chi connectivity index (χ4n) is 2.82. The highest BCUT2D eigenvalue weighted by atomic mass is 35.5. The van der Waals surface area contributed by atoms with Gasteiger partial charge in [-0.1, -0.05) is 54.9 Å². The first-order valence-electron chi connectivity index (χ1n) is 8.14. The van der Waals surface area contributed by atoms with Crippen LogP contribution in [0.15, 0.2) is 53.3 Å². The van der Waals surface area contributed by atoms with E-state index in [4.69, 9.17) is 11.6 Å². The lowest BCUT2D eigenvalue weighted by molar-refractivity contribution is 0.454. The van der Waals surface area contributed by atoms with Crippen LogP contribution in [0.25, 0.3) is 11.1 Å². The minimum atomic E-state index is -0.307. The highest BCUT2D eigenvalue weighted by molar-refractivity contribution is 6.30. The van der Waals surface area contributed by atoms with Gasteiger partial charge >= 0.3 is 0 Å². The van der Waals surface area contributed by atoms with Crippen LogP contribution in [0.3, 0.4) is 0 Å². The first kappa shape index (κ1) is 17.2. The summed E-state index contributed by atoms with van der Waals surface area (Å²) in [5, 5.41) is 15.6. The van der Waals surface area contributed by atoms with E-state index < -0.39 is 0 Å². The highest BCUT2D eigenvalue weighted by Crippen LogP contribution is 2.30. The van der Waals surface area contributed by atoms with Crippen molar-refractivity contribution in [3.8, 4) is 16.9 Å². The molecule has 3 aromatic rings. The van der Waals surface area contributed by atoms with Crippen LogP contribution in [0.1, 0.15) is 23.7 Å². The van der Waals surface area contributed by atoms with Crippen molar-refractivity contribution in [1.29, 1.82) is 0 Å². The maximum Gasteiger partial charge on any atom is 0.278 e. The largest absolute Gasteiger partial charge is 0.505 e. The van der Waals surface area contributed by atoms with E-state index in [1.165, 1.54) is 4.68 Å². The van der Waals surface area contributed by atoms with Crippen LogP contribution in [0.4, 0.5) is 0 Å². The molecule has 0 amide bonds. The van der Waals surface area contributed by atoms with Crippen molar-refractivity contribution in [2.24, 2.45) is 0 Å². The molecular formula is C20H19ClN2O2. The van der Waals surface area contributed by atoms with Gasteiger partial charge in [-0.05, 0) is 42.2 Å². The van der Waals surface area contributed by atoms with Crippen molar-refractivity contribution >= 4 is 11.6 Å². The Labute approximate surface area is 151 Å². The highest BCUT2D eigenvalue weighted by Gasteiger charge is 2.19. The summed E-state index contributed by atoms with van der Waals surface area (Å²) in [7, 11) is 0. The van der Waals surface area contributed by atoms with Crippen molar-refractivity contribution in [3.63, 3.8) is 0 Å². The zero-order valence-corrected chi connectivity index (χ0v) is 14.9. The second-order valence-corrected chi connectivity index (χ2v) is 6.36. The van der Waals surface area contributed by atoms with Crippen molar-refractivity contribution in [2.45, 2.75) is 26.8 Å². The molecule has 0 saturated heterocycles. The Hall–Kier alpha value is -2.59. The molecule has 1 aromatic heterocycles.